The van der Waals surface area contributed by atoms with Crippen molar-refractivity contribution < 1.29 is 0 Å². The number of hydrogen-bond donors (Lipinski definition) is 1. The maximum absolute atomic E-state index is 4.33. The Morgan fingerprint density at radius 2 is 2.33 bits per heavy atom. The van der Waals surface area contributed by atoms with Gasteiger partial charge in [0, 0.05) is 47.7 Å². The molecule has 0 atom stereocenters. The SMILES string of the molecule is CC(C)(Cn1cncc1C1CNC1)c1cccs1. The van der Waals surface area contributed by atoms with E-state index >= 15 is 0 Å². The molecule has 0 spiro atoms. The molecule has 0 bridgehead atoms. The fourth-order valence-electron chi connectivity index (χ4n) is 2.47. The van der Waals surface area contributed by atoms with Crippen LogP contribution in [-0.4, -0.2) is 22.6 Å². The van der Waals surface area contributed by atoms with Crippen molar-refractivity contribution in [3.05, 3.63) is 40.6 Å². The van der Waals surface area contributed by atoms with Gasteiger partial charge in [0.05, 0.1) is 6.33 Å². The molecule has 1 aliphatic rings. The Hall–Kier alpha value is -1.13. The fourth-order valence-corrected chi connectivity index (χ4v) is 3.31. The number of rotatable bonds is 4. The molecule has 4 heteroatoms. The third kappa shape index (κ3) is 2.10. The van der Waals surface area contributed by atoms with Crippen LogP contribution in [0.5, 0.6) is 0 Å². The summed E-state index contributed by atoms with van der Waals surface area (Å²) < 4.78 is 2.32. The van der Waals surface area contributed by atoms with Crippen LogP contribution in [0.25, 0.3) is 0 Å². The molecule has 1 N–H and O–H groups in total. The normalized spacial score (nSPS) is 16.8. The lowest BCUT2D eigenvalue weighted by Crippen LogP contribution is -2.41. The number of nitrogens with one attached hydrogen (secondary N) is 1. The lowest BCUT2D eigenvalue weighted by molar-refractivity contribution is 0.388. The van der Waals surface area contributed by atoms with Gasteiger partial charge in [-0.3, -0.25) is 0 Å². The number of thiophene rings is 1. The third-order valence-corrected chi connectivity index (χ3v) is 4.93. The summed E-state index contributed by atoms with van der Waals surface area (Å²) in [6.45, 7) is 7.79. The molecule has 2 aromatic heterocycles. The third-order valence-electron chi connectivity index (χ3n) is 3.70. The average molecular weight is 261 g/mol. The van der Waals surface area contributed by atoms with Crippen LogP contribution in [0.4, 0.5) is 0 Å². The summed E-state index contributed by atoms with van der Waals surface area (Å²) in [6.07, 6.45) is 4.00. The molecular formula is C14H19N3S. The highest BCUT2D eigenvalue weighted by molar-refractivity contribution is 7.10. The zero-order valence-electron chi connectivity index (χ0n) is 10.9. The summed E-state index contributed by atoms with van der Waals surface area (Å²) in [5, 5.41) is 5.48. The summed E-state index contributed by atoms with van der Waals surface area (Å²) in [4.78, 5) is 5.77. The first kappa shape index (κ1) is 11.9. The van der Waals surface area contributed by atoms with Crippen molar-refractivity contribution in [2.75, 3.05) is 13.1 Å². The van der Waals surface area contributed by atoms with Crippen LogP contribution in [0.1, 0.15) is 30.3 Å². The van der Waals surface area contributed by atoms with E-state index < -0.39 is 0 Å². The Labute approximate surface area is 112 Å². The topological polar surface area (TPSA) is 29.9 Å². The van der Waals surface area contributed by atoms with Crippen LogP contribution in [0, 0.1) is 0 Å². The van der Waals surface area contributed by atoms with Crippen molar-refractivity contribution in [1.29, 1.82) is 0 Å². The molecule has 2 aromatic rings. The molecule has 3 rings (SSSR count). The first-order chi connectivity index (χ1) is 8.67. The summed E-state index contributed by atoms with van der Waals surface area (Å²) in [5.74, 6) is 0.645. The largest absolute Gasteiger partial charge is 0.333 e. The predicted octanol–water partition coefficient (Wildman–Crippen LogP) is 2.61. The van der Waals surface area contributed by atoms with E-state index in [9.17, 15) is 0 Å². The van der Waals surface area contributed by atoms with Gasteiger partial charge in [-0.05, 0) is 11.4 Å². The molecule has 96 valence electrons. The van der Waals surface area contributed by atoms with Crippen LogP contribution >= 0.6 is 11.3 Å². The van der Waals surface area contributed by atoms with Gasteiger partial charge in [0.2, 0.25) is 0 Å². The number of aromatic nitrogens is 2. The molecule has 0 amide bonds. The highest BCUT2D eigenvalue weighted by Crippen LogP contribution is 2.30. The van der Waals surface area contributed by atoms with Gasteiger partial charge in [0.1, 0.15) is 0 Å². The molecule has 0 unspecified atom stereocenters. The van der Waals surface area contributed by atoms with E-state index in [1.54, 1.807) is 0 Å². The van der Waals surface area contributed by atoms with Gasteiger partial charge >= 0.3 is 0 Å². The first-order valence-electron chi connectivity index (χ1n) is 6.41. The standard InChI is InChI=1S/C14H19N3S/c1-14(2,13-4-3-5-18-13)9-17-10-16-8-12(17)11-6-15-7-11/h3-5,8,10-11,15H,6-7,9H2,1-2H3. The molecule has 1 saturated heterocycles. The van der Waals surface area contributed by atoms with Gasteiger partial charge in [-0.2, -0.15) is 0 Å². The molecule has 3 heterocycles. The molecule has 1 aliphatic heterocycles. The molecular weight excluding hydrogens is 242 g/mol. The molecule has 3 nitrogen and oxygen atoms in total. The smallest absolute Gasteiger partial charge is 0.0948 e. The van der Waals surface area contributed by atoms with Crippen molar-refractivity contribution in [3.63, 3.8) is 0 Å². The second-order valence-electron chi connectivity index (χ2n) is 5.66. The van der Waals surface area contributed by atoms with Crippen molar-refractivity contribution in [1.82, 2.24) is 14.9 Å². The van der Waals surface area contributed by atoms with Crippen molar-refractivity contribution in [2.45, 2.75) is 31.7 Å². The van der Waals surface area contributed by atoms with E-state index in [4.69, 9.17) is 0 Å². The summed E-state index contributed by atoms with van der Waals surface area (Å²) in [6, 6.07) is 4.36. The van der Waals surface area contributed by atoms with Gasteiger partial charge in [-0.15, -0.1) is 11.3 Å². The first-order valence-corrected chi connectivity index (χ1v) is 7.29. The quantitative estimate of drug-likeness (QED) is 0.917. The zero-order valence-corrected chi connectivity index (χ0v) is 11.7. The lowest BCUT2D eigenvalue weighted by Gasteiger charge is -2.31. The van der Waals surface area contributed by atoms with Gasteiger partial charge in [0.25, 0.3) is 0 Å². The summed E-state index contributed by atoms with van der Waals surface area (Å²) in [5.41, 5.74) is 1.54. The van der Waals surface area contributed by atoms with E-state index in [2.05, 4.69) is 46.2 Å². The summed E-state index contributed by atoms with van der Waals surface area (Å²) in [7, 11) is 0. The molecule has 0 saturated carbocycles. The highest BCUT2D eigenvalue weighted by Gasteiger charge is 2.27. The van der Waals surface area contributed by atoms with Gasteiger partial charge in [-0.25, -0.2) is 4.98 Å². The van der Waals surface area contributed by atoms with E-state index in [1.807, 2.05) is 23.9 Å². The predicted molar refractivity (Wildman–Crippen MR) is 75.2 cm³/mol. The van der Waals surface area contributed by atoms with Crippen LogP contribution in [0.15, 0.2) is 30.0 Å². The van der Waals surface area contributed by atoms with Crippen LogP contribution < -0.4 is 5.32 Å². The van der Waals surface area contributed by atoms with Crippen molar-refractivity contribution >= 4 is 11.3 Å². The minimum atomic E-state index is 0.167. The number of hydrogen-bond acceptors (Lipinski definition) is 3. The Kier molecular flexibility index (Phi) is 2.99. The second-order valence-corrected chi connectivity index (χ2v) is 6.61. The Morgan fingerprint density at radius 3 is 2.94 bits per heavy atom. The Balaban J connectivity index is 1.82. The van der Waals surface area contributed by atoms with E-state index in [-0.39, 0.29) is 5.41 Å². The van der Waals surface area contributed by atoms with Gasteiger partial charge < -0.3 is 9.88 Å². The Morgan fingerprint density at radius 1 is 1.50 bits per heavy atom. The maximum atomic E-state index is 4.33. The molecule has 0 aromatic carbocycles. The number of imidazole rings is 1. The summed E-state index contributed by atoms with van der Waals surface area (Å²) >= 11 is 1.84. The maximum Gasteiger partial charge on any atom is 0.0948 e. The fraction of sp³-hybridized carbons (Fsp3) is 0.500. The molecule has 18 heavy (non-hydrogen) atoms. The van der Waals surface area contributed by atoms with Crippen molar-refractivity contribution in [3.8, 4) is 0 Å². The number of nitrogens with zero attached hydrogens (tertiary/aromatic N) is 2. The van der Waals surface area contributed by atoms with Crippen LogP contribution in [-0.2, 0) is 12.0 Å². The van der Waals surface area contributed by atoms with Crippen molar-refractivity contribution in [2.24, 2.45) is 0 Å². The van der Waals surface area contributed by atoms with Gasteiger partial charge in [0.15, 0.2) is 0 Å². The van der Waals surface area contributed by atoms with Crippen LogP contribution in [0.2, 0.25) is 0 Å². The minimum absolute atomic E-state index is 0.167. The second kappa shape index (κ2) is 4.52. The van der Waals surface area contributed by atoms with Crippen LogP contribution in [0.3, 0.4) is 0 Å². The van der Waals surface area contributed by atoms with Gasteiger partial charge in [-0.1, -0.05) is 19.9 Å². The molecule has 1 fully saturated rings. The minimum Gasteiger partial charge on any atom is -0.333 e. The monoisotopic (exact) mass is 261 g/mol. The van der Waals surface area contributed by atoms with E-state index in [1.165, 1.54) is 10.6 Å². The zero-order chi connectivity index (χ0) is 12.6. The lowest BCUT2D eigenvalue weighted by atomic mass is 9.90. The Bertz CT molecular complexity index is 509. The molecule has 0 aliphatic carbocycles. The highest BCUT2D eigenvalue weighted by atomic mass is 32.1. The van der Waals surface area contributed by atoms with E-state index in [0.29, 0.717) is 5.92 Å². The molecule has 0 radical (unpaired) electrons. The van der Waals surface area contributed by atoms with E-state index in [0.717, 1.165) is 19.6 Å². The average Bonchev–Trinajstić information content (AvgIpc) is 2.86.